The molecule has 0 atom stereocenters. The largest absolute Gasteiger partial charge is 0.495 e. The standard InChI is InChI=1S/C24H26N4O6S2/c1-34-22-8-3-2-7-21(22)26-18-11-13-27(14-12-18)36(32,33)23-10-9-20(35-23)16-25-24(29)17-5-4-6-19(15-17)28(30)31/h2-10,15,18,26H,11-14,16H2,1H3,(H,25,29). The summed E-state index contributed by atoms with van der Waals surface area (Å²) in [7, 11) is -2.03. The fraction of sp³-hybridized carbons (Fsp3) is 0.292. The van der Waals surface area contributed by atoms with Crippen molar-refractivity contribution in [2.45, 2.75) is 29.6 Å². The van der Waals surface area contributed by atoms with Gasteiger partial charge in [-0.2, -0.15) is 4.31 Å². The van der Waals surface area contributed by atoms with Crippen molar-refractivity contribution >= 4 is 38.6 Å². The Bertz CT molecular complexity index is 1350. The molecule has 4 rings (SSSR count). The van der Waals surface area contributed by atoms with Gasteiger partial charge in [-0.15, -0.1) is 11.3 Å². The second kappa shape index (κ2) is 11.1. The third kappa shape index (κ3) is 5.83. The SMILES string of the molecule is COc1ccccc1NC1CCN(S(=O)(=O)c2ccc(CNC(=O)c3cccc([N+](=O)[O-])c3)s2)CC1. The van der Waals surface area contributed by atoms with Crippen molar-refractivity contribution in [3.05, 3.63) is 81.2 Å². The summed E-state index contributed by atoms with van der Waals surface area (Å²) >= 11 is 1.10. The molecule has 0 saturated carbocycles. The zero-order valence-corrected chi connectivity index (χ0v) is 21.2. The second-order valence-corrected chi connectivity index (χ2v) is 11.6. The quantitative estimate of drug-likeness (QED) is 0.317. The highest BCUT2D eigenvalue weighted by molar-refractivity contribution is 7.91. The van der Waals surface area contributed by atoms with Gasteiger partial charge in [-0.25, -0.2) is 8.42 Å². The lowest BCUT2D eigenvalue weighted by Crippen LogP contribution is -2.42. The number of hydrogen-bond acceptors (Lipinski definition) is 8. The average molecular weight is 531 g/mol. The fourth-order valence-corrected chi connectivity index (χ4v) is 6.89. The summed E-state index contributed by atoms with van der Waals surface area (Å²) in [5.41, 5.74) is 0.878. The first-order valence-electron chi connectivity index (χ1n) is 11.3. The lowest BCUT2D eigenvalue weighted by molar-refractivity contribution is -0.384. The Morgan fingerprint density at radius 2 is 1.89 bits per heavy atom. The van der Waals surface area contributed by atoms with E-state index in [1.165, 1.54) is 28.6 Å². The number of nitrogens with one attached hydrogen (secondary N) is 2. The van der Waals surface area contributed by atoms with Gasteiger partial charge in [0.15, 0.2) is 0 Å². The number of thiophene rings is 1. The molecule has 10 nitrogen and oxygen atoms in total. The van der Waals surface area contributed by atoms with Gasteiger partial charge in [-0.1, -0.05) is 18.2 Å². The molecular formula is C24H26N4O6S2. The highest BCUT2D eigenvalue weighted by Crippen LogP contribution is 2.30. The van der Waals surface area contributed by atoms with Gasteiger partial charge in [0.1, 0.15) is 9.96 Å². The van der Waals surface area contributed by atoms with Crippen molar-refractivity contribution in [3.8, 4) is 5.75 Å². The summed E-state index contributed by atoms with van der Waals surface area (Å²) in [6.07, 6.45) is 1.32. The second-order valence-electron chi connectivity index (χ2n) is 8.23. The van der Waals surface area contributed by atoms with E-state index in [-0.39, 0.29) is 28.0 Å². The lowest BCUT2D eigenvalue weighted by Gasteiger charge is -2.32. The molecule has 2 N–H and O–H groups in total. The van der Waals surface area contributed by atoms with Crippen LogP contribution >= 0.6 is 11.3 Å². The predicted octanol–water partition coefficient (Wildman–Crippen LogP) is 3.86. The van der Waals surface area contributed by atoms with Gasteiger partial charge in [0.2, 0.25) is 0 Å². The molecule has 0 bridgehead atoms. The van der Waals surface area contributed by atoms with E-state index in [0.717, 1.165) is 22.8 Å². The van der Waals surface area contributed by atoms with Crippen LogP contribution in [-0.2, 0) is 16.6 Å². The van der Waals surface area contributed by atoms with Gasteiger partial charge in [0, 0.05) is 41.7 Å². The van der Waals surface area contributed by atoms with E-state index in [1.807, 2.05) is 24.3 Å². The highest BCUT2D eigenvalue weighted by atomic mass is 32.2. The summed E-state index contributed by atoms with van der Waals surface area (Å²) in [6.45, 7) is 0.907. The number of methoxy groups -OCH3 is 1. The van der Waals surface area contributed by atoms with Gasteiger partial charge >= 0.3 is 0 Å². The molecule has 1 aromatic heterocycles. The number of benzene rings is 2. The van der Waals surface area contributed by atoms with Crippen molar-refractivity contribution in [2.24, 2.45) is 0 Å². The fourth-order valence-electron chi connectivity index (χ4n) is 3.97. The van der Waals surface area contributed by atoms with Crippen LogP contribution < -0.4 is 15.4 Å². The van der Waals surface area contributed by atoms with E-state index in [1.54, 1.807) is 19.2 Å². The predicted molar refractivity (Wildman–Crippen MR) is 137 cm³/mol. The first-order valence-corrected chi connectivity index (χ1v) is 13.5. The molecule has 2 heterocycles. The molecule has 1 aliphatic rings. The van der Waals surface area contributed by atoms with E-state index < -0.39 is 20.9 Å². The number of carbonyl (C=O) groups is 1. The van der Waals surface area contributed by atoms with Crippen LogP contribution in [0.4, 0.5) is 11.4 Å². The number of ether oxygens (including phenoxy) is 1. The molecule has 36 heavy (non-hydrogen) atoms. The van der Waals surface area contributed by atoms with Crippen molar-refractivity contribution < 1.29 is 22.9 Å². The Labute approximate surface area is 213 Å². The number of hydrogen-bond donors (Lipinski definition) is 2. The molecule has 0 aliphatic carbocycles. The number of rotatable bonds is 9. The first kappa shape index (κ1) is 25.6. The molecule has 12 heteroatoms. The molecule has 3 aromatic rings. The minimum atomic E-state index is -3.64. The smallest absolute Gasteiger partial charge is 0.270 e. The van der Waals surface area contributed by atoms with Crippen LogP contribution in [0.15, 0.2) is 64.9 Å². The molecule has 1 aliphatic heterocycles. The minimum absolute atomic E-state index is 0.118. The number of para-hydroxylation sites is 2. The molecule has 1 saturated heterocycles. The number of nitro benzene ring substituents is 1. The summed E-state index contributed by atoms with van der Waals surface area (Å²) in [5.74, 6) is 0.275. The van der Waals surface area contributed by atoms with Crippen molar-refractivity contribution in [1.82, 2.24) is 9.62 Å². The monoisotopic (exact) mass is 530 g/mol. The van der Waals surface area contributed by atoms with Gasteiger partial charge in [-0.05, 0) is 43.2 Å². The number of anilines is 1. The van der Waals surface area contributed by atoms with Gasteiger partial charge in [-0.3, -0.25) is 14.9 Å². The minimum Gasteiger partial charge on any atom is -0.495 e. The Balaban J connectivity index is 1.33. The first-order chi connectivity index (χ1) is 17.3. The Kier molecular flexibility index (Phi) is 7.87. The van der Waals surface area contributed by atoms with Gasteiger partial charge in [0.25, 0.3) is 21.6 Å². The van der Waals surface area contributed by atoms with Gasteiger partial charge in [0.05, 0.1) is 24.3 Å². The zero-order valence-electron chi connectivity index (χ0n) is 19.5. The summed E-state index contributed by atoms with van der Waals surface area (Å²) in [5, 5.41) is 17.0. The lowest BCUT2D eigenvalue weighted by atomic mass is 10.1. The topological polar surface area (TPSA) is 131 Å². The average Bonchev–Trinajstić information content (AvgIpc) is 3.38. The van der Waals surface area contributed by atoms with E-state index in [0.29, 0.717) is 30.8 Å². The van der Waals surface area contributed by atoms with Crippen molar-refractivity contribution in [1.29, 1.82) is 0 Å². The normalized spacial score (nSPS) is 14.8. The molecular weight excluding hydrogens is 504 g/mol. The third-order valence-corrected chi connectivity index (χ3v) is 9.35. The zero-order chi connectivity index (χ0) is 25.7. The molecule has 190 valence electrons. The van der Waals surface area contributed by atoms with Crippen molar-refractivity contribution in [3.63, 3.8) is 0 Å². The Morgan fingerprint density at radius 1 is 1.14 bits per heavy atom. The summed E-state index contributed by atoms with van der Waals surface area (Å²) in [4.78, 5) is 23.4. The van der Waals surface area contributed by atoms with Crippen LogP contribution in [0.3, 0.4) is 0 Å². The number of non-ortho nitro benzene ring substituents is 1. The molecule has 1 fully saturated rings. The van der Waals surface area contributed by atoms with Crippen molar-refractivity contribution in [2.75, 3.05) is 25.5 Å². The van der Waals surface area contributed by atoms with Crippen LogP contribution in [0, 0.1) is 10.1 Å². The highest BCUT2D eigenvalue weighted by Gasteiger charge is 2.30. The Hall–Kier alpha value is -3.48. The number of nitrogens with zero attached hydrogens (tertiary/aromatic N) is 2. The number of carbonyl (C=O) groups excluding carboxylic acids is 1. The molecule has 0 unspecified atom stereocenters. The van der Waals surface area contributed by atoms with E-state index in [9.17, 15) is 23.3 Å². The van der Waals surface area contributed by atoms with E-state index >= 15 is 0 Å². The van der Waals surface area contributed by atoms with Gasteiger partial charge < -0.3 is 15.4 Å². The number of sulfonamides is 1. The van der Waals surface area contributed by atoms with E-state index in [2.05, 4.69) is 10.6 Å². The van der Waals surface area contributed by atoms with Crippen LogP contribution in [0.2, 0.25) is 0 Å². The molecule has 0 spiro atoms. The van der Waals surface area contributed by atoms with Crippen LogP contribution in [-0.4, -0.2) is 49.8 Å². The maximum Gasteiger partial charge on any atom is 0.270 e. The Morgan fingerprint density at radius 3 is 2.61 bits per heavy atom. The molecule has 2 aromatic carbocycles. The maximum atomic E-state index is 13.2. The number of nitro groups is 1. The third-order valence-electron chi connectivity index (χ3n) is 5.89. The van der Waals surface area contributed by atoms with Crippen LogP contribution in [0.1, 0.15) is 28.1 Å². The van der Waals surface area contributed by atoms with E-state index in [4.69, 9.17) is 4.74 Å². The van der Waals surface area contributed by atoms with Crippen LogP contribution in [0.5, 0.6) is 5.75 Å². The molecule has 0 radical (unpaired) electrons. The number of piperidine rings is 1. The number of amides is 1. The van der Waals surface area contributed by atoms with Crippen LogP contribution in [0.25, 0.3) is 0 Å². The molecule has 1 amide bonds. The maximum absolute atomic E-state index is 13.2. The summed E-state index contributed by atoms with van der Waals surface area (Å²) < 4.78 is 33.4. The summed E-state index contributed by atoms with van der Waals surface area (Å²) in [6, 6.07) is 16.4.